The van der Waals surface area contributed by atoms with E-state index < -0.39 is 0 Å². The minimum atomic E-state index is -0.351. The van der Waals surface area contributed by atoms with Gasteiger partial charge >= 0.3 is 5.97 Å². The van der Waals surface area contributed by atoms with E-state index in [0.717, 1.165) is 16.8 Å². The maximum Gasteiger partial charge on any atom is 0.338 e. The first-order chi connectivity index (χ1) is 12.5. The number of ether oxygens (including phenoxy) is 2. The minimum Gasteiger partial charge on any atom is -0.462 e. The van der Waals surface area contributed by atoms with Gasteiger partial charge in [0.15, 0.2) is 0 Å². The molecule has 0 fully saturated rings. The van der Waals surface area contributed by atoms with E-state index in [9.17, 15) is 9.18 Å². The number of pyridine rings is 1. The van der Waals surface area contributed by atoms with Crippen LogP contribution in [0.2, 0.25) is 0 Å². The zero-order valence-electron chi connectivity index (χ0n) is 15.2. The van der Waals surface area contributed by atoms with Crippen LogP contribution in [-0.2, 0) is 16.1 Å². The number of rotatable bonds is 6. The smallest absolute Gasteiger partial charge is 0.338 e. The molecule has 136 valence electrons. The Bertz CT molecular complexity index is 932. The third-order valence-corrected chi connectivity index (χ3v) is 4.45. The van der Waals surface area contributed by atoms with Crippen molar-refractivity contribution in [2.75, 3.05) is 6.61 Å². The van der Waals surface area contributed by atoms with Gasteiger partial charge in [-0.2, -0.15) is 0 Å². The van der Waals surface area contributed by atoms with Crippen molar-refractivity contribution in [1.82, 2.24) is 4.40 Å². The SMILES string of the molecule is CCOC(=O)c1cc2cccn2c(C(C)OCc2ccccc2F)c1C. The largest absolute Gasteiger partial charge is 0.462 e. The van der Waals surface area contributed by atoms with Crippen molar-refractivity contribution in [3.63, 3.8) is 0 Å². The number of carbonyl (C=O) groups excluding carboxylic acids is 1. The molecule has 26 heavy (non-hydrogen) atoms. The van der Waals surface area contributed by atoms with Gasteiger partial charge in [-0.05, 0) is 50.6 Å². The van der Waals surface area contributed by atoms with E-state index in [0.29, 0.717) is 17.7 Å². The Morgan fingerprint density at radius 1 is 1.23 bits per heavy atom. The first kappa shape index (κ1) is 18.1. The average Bonchev–Trinajstić information content (AvgIpc) is 3.08. The Balaban J connectivity index is 1.95. The summed E-state index contributed by atoms with van der Waals surface area (Å²) in [6.45, 7) is 6.03. The zero-order valence-corrected chi connectivity index (χ0v) is 15.2. The molecule has 0 saturated heterocycles. The fourth-order valence-corrected chi connectivity index (χ4v) is 3.14. The van der Waals surface area contributed by atoms with Gasteiger partial charge in [-0.3, -0.25) is 0 Å². The molecule has 0 aliphatic carbocycles. The maximum atomic E-state index is 13.8. The number of esters is 1. The highest BCUT2D eigenvalue weighted by molar-refractivity contribution is 5.92. The molecule has 1 unspecified atom stereocenters. The Kier molecular flexibility index (Phi) is 5.38. The summed E-state index contributed by atoms with van der Waals surface area (Å²) in [5, 5.41) is 0. The molecule has 0 spiro atoms. The molecule has 0 bridgehead atoms. The van der Waals surface area contributed by atoms with Crippen LogP contribution in [0.15, 0.2) is 48.7 Å². The molecule has 0 radical (unpaired) electrons. The average molecular weight is 355 g/mol. The quantitative estimate of drug-likeness (QED) is 0.594. The number of hydrogen-bond acceptors (Lipinski definition) is 3. The van der Waals surface area contributed by atoms with E-state index in [1.165, 1.54) is 6.07 Å². The number of benzene rings is 1. The van der Waals surface area contributed by atoms with Gasteiger partial charge in [0.05, 0.1) is 30.6 Å². The molecule has 0 aliphatic heterocycles. The van der Waals surface area contributed by atoms with Crippen molar-refractivity contribution < 1.29 is 18.7 Å². The van der Waals surface area contributed by atoms with Crippen molar-refractivity contribution in [3.05, 3.63) is 76.9 Å². The molecule has 0 N–H and O–H groups in total. The molecule has 4 nitrogen and oxygen atoms in total. The lowest BCUT2D eigenvalue weighted by Crippen LogP contribution is -2.14. The number of nitrogens with zero attached hydrogens (tertiary/aromatic N) is 1. The van der Waals surface area contributed by atoms with Crippen molar-refractivity contribution in [2.24, 2.45) is 0 Å². The van der Waals surface area contributed by atoms with Crippen LogP contribution in [0.5, 0.6) is 0 Å². The number of aromatic nitrogens is 1. The Morgan fingerprint density at radius 3 is 2.73 bits per heavy atom. The molecule has 1 atom stereocenters. The van der Waals surface area contributed by atoms with E-state index >= 15 is 0 Å². The minimum absolute atomic E-state index is 0.152. The van der Waals surface area contributed by atoms with E-state index in [-0.39, 0.29) is 24.5 Å². The normalized spacial score (nSPS) is 12.3. The second kappa shape index (κ2) is 7.70. The highest BCUT2D eigenvalue weighted by Crippen LogP contribution is 2.28. The van der Waals surface area contributed by atoms with Crippen LogP contribution in [0.3, 0.4) is 0 Å². The maximum absolute atomic E-state index is 13.8. The summed E-state index contributed by atoms with van der Waals surface area (Å²) in [4.78, 5) is 12.3. The van der Waals surface area contributed by atoms with Crippen molar-refractivity contribution in [3.8, 4) is 0 Å². The van der Waals surface area contributed by atoms with Gasteiger partial charge in [-0.1, -0.05) is 18.2 Å². The lowest BCUT2D eigenvalue weighted by molar-refractivity contribution is 0.0462. The van der Waals surface area contributed by atoms with Gasteiger partial charge in [-0.25, -0.2) is 9.18 Å². The lowest BCUT2D eigenvalue weighted by Gasteiger charge is -2.20. The molecule has 3 aromatic rings. The van der Waals surface area contributed by atoms with Gasteiger partial charge < -0.3 is 13.9 Å². The first-order valence-electron chi connectivity index (χ1n) is 8.65. The van der Waals surface area contributed by atoms with E-state index in [1.54, 1.807) is 25.1 Å². The Hall–Kier alpha value is -2.66. The summed E-state index contributed by atoms with van der Waals surface area (Å²) in [6.07, 6.45) is 1.59. The first-order valence-corrected chi connectivity index (χ1v) is 8.65. The molecular weight excluding hydrogens is 333 g/mol. The molecule has 2 heterocycles. The summed E-state index contributed by atoms with van der Waals surface area (Å²) >= 11 is 0. The predicted molar refractivity (Wildman–Crippen MR) is 97.7 cm³/mol. The topological polar surface area (TPSA) is 39.9 Å². The summed E-state index contributed by atoms with van der Waals surface area (Å²) in [5.74, 6) is -0.640. The molecule has 0 amide bonds. The van der Waals surface area contributed by atoms with E-state index in [4.69, 9.17) is 9.47 Å². The van der Waals surface area contributed by atoms with E-state index in [1.807, 2.05) is 42.6 Å². The van der Waals surface area contributed by atoms with Crippen LogP contribution < -0.4 is 0 Å². The summed E-state index contributed by atoms with van der Waals surface area (Å²) in [7, 11) is 0. The third-order valence-electron chi connectivity index (χ3n) is 4.45. The molecule has 5 heteroatoms. The summed E-state index contributed by atoms with van der Waals surface area (Å²) < 4.78 is 26.9. The van der Waals surface area contributed by atoms with Crippen LogP contribution in [0.1, 0.15) is 47.1 Å². The van der Waals surface area contributed by atoms with Gasteiger partial charge in [-0.15, -0.1) is 0 Å². The molecule has 0 aliphatic rings. The standard InChI is InChI=1S/C21H22FNO3/c1-4-25-21(24)18-12-17-9-7-11-23(17)20(14(18)2)15(3)26-13-16-8-5-6-10-19(16)22/h5-12,15H,4,13H2,1-3H3. The third kappa shape index (κ3) is 3.48. The van der Waals surface area contributed by atoms with Crippen molar-refractivity contribution >= 4 is 11.5 Å². The van der Waals surface area contributed by atoms with Crippen LogP contribution in [0, 0.1) is 12.7 Å². The number of carbonyl (C=O) groups is 1. The highest BCUT2D eigenvalue weighted by Gasteiger charge is 2.21. The monoisotopic (exact) mass is 355 g/mol. The predicted octanol–water partition coefficient (Wildman–Crippen LogP) is 4.84. The summed E-state index contributed by atoms with van der Waals surface area (Å²) in [5.41, 5.74) is 3.56. The van der Waals surface area contributed by atoms with Crippen LogP contribution in [0.4, 0.5) is 4.39 Å². The van der Waals surface area contributed by atoms with E-state index in [2.05, 4.69) is 0 Å². The number of hydrogen-bond donors (Lipinski definition) is 0. The van der Waals surface area contributed by atoms with Crippen molar-refractivity contribution in [2.45, 2.75) is 33.5 Å². The van der Waals surface area contributed by atoms with Crippen LogP contribution >= 0.6 is 0 Å². The van der Waals surface area contributed by atoms with Gasteiger partial charge in [0.2, 0.25) is 0 Å². The van der Waals surface area contributed by atoms with Crippen LogP contribution in [0.25, 0.3) is 5.52 Å². The van der Waals surface area contributed by atoms with Gasteiger partial charge in [0, 0.05) is 17.3 Å². The molecule has 3 rings (SSSR count). The fraction of sp³-hybridized carbons (Fsp3) is 0.286. The van der Waals surface area contributed by atoms with Gasteiger partial charge in [0.1, 0.15) is 5.82 Å². The molecule has 2 aromatic heterocycles. The summed E-state index contributed by atoms with van der Waals surface area (Å²) in [6, 6.07) is 12.2. The van der Waals surface area contributed by atoms with Crippen LogP contribution in [-0.4, -0.2) is 17.0 Å². The number of fused-ring (bicyclic) bond motifs is 1. The zero-order chi connectivity index (χ0) is 18.7. The molecular formula is C21H22FNO3. The Morgan fingerprint density at radius 2 is 2.00 bits per heavy atom. The van der Waals surface area contributed by atoms with Gasteiger partial charge in [0.25, 0.3) is 0 Å². The van der Waals surface area contributed by atoms with Crippen molar-refractivity contribution in [1.29, 1.82) is 0 Å². The second-order valence-electron chi connectivity index (χ2n) is 6.14. The Labute approximate surface area is 152 Å². The number of halogens is 1. The fourth-order valence-electron chi connectivity index (χ4n) is 3.14. The second-order valence-corrected chi connectivity index (χ2v) is 6.14. The molecule has 1 aromatic carbocycles. The lowest BCUT2D eigenvalue weighted by atomic mass is 10.0. The molecule has 0 saturated carbocycles. The highest BCUT2D eigenvalue weighted by atomic mass is 19.1.